The first-order valence-corrected chi connectivity index (χ1v) is 8.11. The van der Waals surface area contributed by atoms with E-state index >= 15 is 0 Å². The van der Waals surface area contributed by atoms with Crippen molar-refractivity contribution in [3.8, 4) is 5.75 Å². The van der Waals surface area contributed by atoms with Gasteiger partial charge in [0.1, 0.15) is 11.6 Å². The lowest BCUT2D eigenvalue weighted by Gasteiger charge is -2.18. The van der Waals surface area contributed by atoms with Crippen molar-refractivity contribution in [3.05, 3.63) is 30.1 Å². The highest BCUT2D eigenvalue weighted by Gasteiger charge is 2.18. The smallest absolute Gasteiger partial charge is 0.261 e. The first-order valence-electron chi connectivity index (χ1n) is 8.11. The molecule has 1 heterocycles. The minimum Gasteiger partial charge on any atom is -0.481 e. The largest absolute Gasteiger partial charge is 0.481 e. The summed E-state index contributed by atoms with van der Waals surface area (Å²) in [6.07, 6.45) is 3.58. The van der Waals surface area contributed by atoms with Crippen molar-refractivity contribution >= 4 is 5.91 Å². The Morgan fingerprint density at radius 2 is 2.00 bits per heavy atom. The molecule has 1 aromatic carbocycles. The molecule has 0 radical (unpaired) electrons. The number of hydrogen-bond acceptors (Lipinski definition) is 3. The van der Waals surface area contributed by atoms with E-state index < -0.39 is 6.10 Å². The van der Waals surface area contributed by atoms with Crippen molar-refractivity contribution in [1.82, 2.24) is 10.2 Å². The van der Waals surface area contributed by atoms with E-state index in [4.69, 9.17) is 4.74 Å². The number of ether oxygens (including phenoxy) is 1. The average molecular weight is 308 g/mol. The Hall–Kier alpha value is -1.62. The minimum absolute atomic E-state index is 0.103. The van der Waals surface area contributed by atoms with Gasteiger partial charge in [0.05, 0.1) is 0 Å². The highest BCUT2D eigenvalue weighted by molar-refractivity contribution is 5.81. The topological polar surface area (TPSA) is 41.6 Å². The summed E-state index contributed by atoms with van der Waals surface area (Å²) < 4.78 is 18.5. The third-order valence-corrected chi connectivity index (χ3v) is 3.90. The van der Waals surface area contributed by atoms with Gasteiger partial charge in [0.2, 0.25) is 0 Å². The van der Waals surface area contributed by atoms with Crippen LogP contribution in [0.3, 0.4) is 0 Å². The van der Waals surface area contributed by atoms with E-state index in [9.17, 15) is 9.18 Å². The second-order valence-electron chi connectivity index (χ2n) is 5.66. The van der Waals surface area contributed by atoms with Gasteiger partial charge in [0, 0.05) is 6.54 Å². The quantitative estimate of drug-likeness (QED) is 0.751. The molecule has 0 aliphatic carbocycles. The molecule has 1 aliphatic rings. The summed E-state index contributed by atoms with van der Waals surface area (Å²) in [6.45, 7) is 5.96. The normalized spacial score (nSPS) is 16.5. The first kappa shape index (κ1) is 16.7. The van der Waals surface area contributed by atoms with Crippen LogP contribution < -0.4 is 10.1 Å². The molecule has 22 heavy (non-hydrogen) atoms. The molecule has 1 fully saturated rings. The highest BCUT2D eigenvalue weighted by atomic mass is 19.1. The van der Waals surface area contributed by atoms with Gasteiger partial charge in [-0.1, -0.05) is 6.92 Å². The predicted molar refractivity (Wildman–Crippen MR) is 84.4 cm³/mol. The fourth-order valence-corrected chi connectivity index (χ4v) is 2.63. The number of nitrogens with zero attached hydrogens (tertiary/aromatic N) is 1. The maximum absolute atomic E-state index is 12.9. The fraction of sp³-hybridized carbons (Fsp3) is 0.588. The van der Waals surface area contributed by atoms with Crippen molar-refractivity contribution < 1.29 is 13.9 Å². The van der Waals surface area contributed by atoms with Gasteiger partial charge in [-0.05, 0) is 69.6 Å². The van der Waals surface area contributed by atoms with Gasteiger partial charge in [-0.15, -0.1) is 0 Å². The number of nitrogens with one attached hydrogen (secondary N) is 1. The van der Waals surface area contributed by atoms with Crippen molar-refractivity contribution in [1.29, 1.82) is 0 Å². The van der Waals surface area contributed by atoms with Crippen LogP contribution in [-0.4, -0.2) is 43.1 Å². The maximum atomic E-state index is 12.9. The number of carbonyl (C=O) groups excluding carboxylic acids is 1. The molecule has 0 spiro atoms. The first-order chi connectivity index (χ1) is 10.7. The lowest BCUT2D eigenvalue weighted by Crippen LogP contribution is -2.39. The lowest BCUT2D eigenvalue weighted by molar-refractivity contribution is -0.128. The molecular weight excluding hydrogens is 283 g/mol. The summed E-state index contributed by atoms with van der Waals surface area (Å²) >= 11 is 0. The number of likely N-dealkylation sites (tertiary alicyclic amines) is 1. The van der Waals surface area contributed by atoms with Crippen molar-refractivity contribution in [3.63, 3.8) is 0 Å². The number of hydrogen-bond donors (Lipinski definition) is 1. The van der Waals surface area contributed by atoms with Gasteiger partial charge in [0.25, 0.3) is 5.91 Å². The van der Waals surface area contributed by atoms with E-state index in [2.05, 4.69) is 10.2 Å². The van der Waals surface area contributed by atoms with Crippen LogP contribution in [-0.2, 0) is 4.79 Å². The Balaban J connectivity index is 1.70. The Labute approximate surface area is 131 Å². The zero-order chi connectivity index (χ0) is 15.8. The monoisotopic (exact) mass is 308 g/mol. The molecule has 0 saturated carbocycles. The van der Waals surface area contributed by atoms with Crippen LogP contribution in [0.25, 0.3) is 0 Å². The number of carbonyl (C=O) groups is 1. The Kier molecular flexibility index (Phi) is 6.65. The maximum Gasteiger partial charge on any atom is 0.261 e. The van der Waals surface area contributed by atoms with E-state index in [1.54, 1.807) is 12.1 Å². The predicted octanol–water partition coefficient (Wildman–Crippen LogP) is 2.59. The zero-order valence-electron chi connectivity index (χ0n) is 13.2. The molecule has 122 valence electrons. The van der Waals surface area contributed by atoms with Gasteiger partial charge in [0.15, 0.2) is 6.10 Å². The molecule has 1 aliphatic heterocycles. The zero-order valence-corrected chi connectivity index (χ0v) is 13.2. The van der Waals surface area contributed by atoms with E-state index in [0.717, 1.165) is 13.0 Å². The highest BCUT2D eigenvalue weighted by Crippen LogP contribution is 2.14. The fourth-order valence-electron chi connectivity index (χ4n) is 2.63. The summed E-state index contributed by atoms with van der Waals surface area (Å²) in [5, 5.41) is 2.92. The number of benzene rings is 1. The molecule has 1 saturated heterocycles. The second kappa shape index (κ2) is 8.73. The third kappa shape index (κ3) is 5.30. The lowest BCUT2D eigenvalue weighted by atomic mass is 10.2. The van der Waals surface area contributed by atoms with Crippen LogP contribution in [0.15, 0.2) is 24.3 Å². The summed E-state index contributed by atoms with van der Waals surface area (Å²) in [5.74, 6) is 0.0977. The van der Waals surface area contributed by atoms with E-state index in [1.807, 2.05) is 6.92 Å². The van der Waals surface area contributed by atoms with Crippen LogP contribution in [0.1, 0.15) is 32.6 Å². The van der Waals surface area contributed by atoms with Crippen molar-refractivity contribution in [2.24, 2.45) is 0 Å². The van der Waals surface area contributed by atoms with Gasteiger partial charge in [-0.25, -0.2) is 4.39 Å². The molecule has 1 aromatic rings. The Morgan fingerprint density at radius 1 is 1.32 bits per heavy atom. The number of rotatable bonds is 8. The molecular formula is C17H25FN2O2. The van der Waals surface area contributed by atoms with E-state index in [1.165, 1.54) is 38.1 Å². The van der Waals surface area contributed by atoms with E-state index in [0.29, 0.717) is 18.7 Å². The number of halogens is 1. The van der Waals surface area contributed by atoms with Crippen molar-refractivity contribution in [2.75, 3.05) is 26.2 Å². The van der Waals surface area contributed by atoms with Crippen LogP contribution in [0, 0.1) is 5.82 Å². The molecule has 0 bridgehead atoms. The molecule has 5 heteroatoms. The van der Waals surface area contributed by atoms with E-state index in [-0.39, 0.29) is 11.7 Å². The summed E-state index contributed by atoms with van der Waals surface area (Å²) in [7, 11) is 0. The Morgan fingerprint density at radius 3 is 2.64 bits per heavy atom. The van der Waals surface area contributed by atoms with Gasteiger partial charge in [-0.2, -0.15) is 0 Å². The second-order valence-corrected chi connectivity index (χ2v) is 5.66. The molecule has 1 N–H and O–H groups in total. The minimum atomic E-state index is -0.530. The standard InChI is InChI=1S/C17H25FN2O2/c1-2-16(22-15-8-6-14(18)7-9-15)17(21)19-10-5-13-20-11-3-4-12-20/h6-9,16H,2-5,10-13H2,1H3,(H,19,21)/t16-/m0/s1. The van der Waals surface area contributed by atoms with Crippen LogP contribution in [0.5, 0.6) is 5.75 Å². The van der Waals surface area contributed by atoms with Gasteiger partial charge in [-0.3, -0.25) is 4.79 Å². The summed E-state index contributed by atoms with van der Waals surface area (Å²) in [6, 6.07) is 5.74. The molecule has 2 rings (SSSR count). The molecule has 0 aromatic heterocycles. The van der Waals surface area contributed by atoms with Gasteiger partial charge >= 0.3 is 0 Å². The average Bonchev–Trinajstić information content (AvgIpc) is 3.04. The van der Waals surface area contributed by atoms with Gasteiger partial charge < -0.3 is 15.0 Å². The van der Waals surface area contributed by atoms with Crippen LogP contribution in [0.2, 0.25) is 0 Å². The summed E-state index contributed by atoms with van der Waals surface area (Å²) in [5.41, 5.74) is 0. The third-order valence-electron chi connectivity index (χ3n) is 3.90. The van der Waals surface area contributed by atoms with Crippen molar-refractivity contribution in [2.45, 2.75) is 38.7 Å². The SMILES string of the molecule is CC[C@H](Oc1ccc(F)cc1)C(=O)NCCCN1CCCC1. The van der Waals surface area contributed by atoms with Crippen LogP contribution in [0.4, 0.5) is 4.39 Å². The van der Waals surface area contributed by atoms with Crippen LogP contribution >= 0.6 is 0 Å². The Bertz CT molecular complexity index is 458. The molecule has 1 amide bonds. The molecule has 1 atom stereocenters. The number of amides is 1. The molecule has 4 nitrogen and oxygen atoms in total. The summed E-state index contributed by atoms with van der Waals surface area (Å²) in [4.78, 5) is 14.5. The molecule has 0 unspecified atom stereocenters.